The number of rotatable bonds is 4. The van der Waals surface area contributed by atoms with E-state index in [4.69, 9.17) is 5.11 Å². The van der Waals surface area contributed by atoms with Crippen LogP contribution in [0.25, 0.3) is 0 Å². The summed E-state index contributed by atoms with van der Waals surface area (Å²) in [6, 6.07) is 0. The SMILES string of the molecule is OCCCCc1cnccn1. The van der Waals surface area contributed by atoms with Crippen LogP contribution in [0.1, 0.15) is 18.5 Å². The average Bonchev–Trinajstić information content (AvgIpc) is 2.07. The quantitative estimate of drug-likeness (QED) is 0.649. The Morgan fingerprint density at radius 3 is 2.82 bits per heavy atom. The third-order valence-electron chi connectivity index (χ3n) is 1.46. The van der Waals surface area contributed by atoms with Gasteiger partial charge in [0.2, 0.25) is 0 Å². The maximum absolute atomic E-state index is 8.51. The number of hydrogen-bond acceptors (Lipinski definition) is 3. The number of hydrogen-bond donors (Lipinski definition) is 1. The molecule has 0 saturated carbocycles. The number of aliphatic hydroxyl groups excluding tert-OH is 1. The van der Waals surface area contributed by atoms with E-state index in [9.17, 15) is 0 Å². The maximum atomic E-state index is 8.51. The molecule has 0 unspecified atom stereocenters. The first kappa shape index (κ1) is 8.14. The van der Waals surface area contributed by atoms with Gasteiger partial charge in [-0.1, -0.05) is 0 Å². The molecule has 1 heterocycles. The molecule has 0 spiro atoms. The molecule has 1 aromatic rings. The normalized spacial score (nSPS) is 9.91. The lowest BCUT2D eigenvalue weighted by Crippen LogP contribution is -1.92. The van der Waals surface area contributed by atoms with Gasteiger partial charge < -0.3 is 5.11 Å². The van der Waals surface area contributed by atoms with Crippen LogP contribution >= 0.6 is 0 Å². The highest BCUT2D eigenvalue weighted by atomic mass is 16.2. The number of aliphatic hydroxyl groups is 1. The highest BCUT2D eigenvalue weighted by Gasteiger charge is 1.92. The molecule has 0 bridgehead atoms. The minimum Gasteiger partial charge on any atom is -0.396 e. The fourth-order valence-corrected chi connectivity index (χ4v) is 0.877. The van der Waals surface area contributed by atoms with E-state index in [0.29, 0.717) is 0 Å². The lowest BCUT2D eigenvalue weighted by atomic mass is 10.2. The van der Waals surface area contributed by atoms with Gasteiger partial charge in [-0.25, -0.2) is 0 Å². The number of aromatic nitrogens is 2. The van der Waals surface area contributed by atoms with Gasteiger partial charge in [-0.05, 0) is 19.3 Å². The lowest BCUT2D eigenvalue weighted by molar-refractivity contribution is 0.284. The molecule has 0 aliphatic heterocycles. The Morgan fingerprint density at radius 2 is 2.18 bits per heavy atom. The minimum atomic E-state index is 0.264. The van der Waals surface area contributed by atoms with Crippen LogP contribution in [0.5, 0.6) is 0 Å². The fourth-order valence-electron chi connectivity index (χ4n) is 0.877. The molecule has 1 rings (SSSR count). The van der Waals surface area contributed by atoms with Crippen molar-refractivity contribution in [2.75, 3.05) is 6.61 Å². The summed E-state index contributed by atoms with van der Waals surface area (Å²) < 4.78 is 0. The average molecular weight is 152 g/mol. The monoisotopic (exact) mass is 152 g/mol. The second kappa shape index (κ2) is 4.79. The van der Waals surface area contributed by atoms with E-state index < -0.39 is 0 Å². The van der Waals surface area contributed by atoms with Crippen molar-refractivity contribution in [1.29, 1.82) is 0 Å². The Hall–Kier alpha value is -0.960. The summed E-state index contributed by atoms with van der Waals surface area (Å²) in [5, 5.41) is 8.51. The van der Waals surface area contributed by atoms with Gasteiger partial charge >= 0.3 is 0 Å². The topological polar surface area (TPSA) is 46.0 Å². The summed E-state index contributed by atoms with van der Waals surface area (Å²) in [6.45, 7) is 0.264. The van der Waals surface area contributed by atoms with Gasteiger partial charge in [-0.2, -0.15) is 0 Å². The van der Waals surface area contributed by atoms with Crippen molar-refractivity contribution < 1.29 is 5.11 Å². The molecule has 1 aromatic heterocycles. The number of nitrogens with zero attached hydrogens (tertiary/aromatic N) is 2. The van der Waals surface area contributed by atoms with Crippen LogP contribution in [0.3, 0.4) is 0 Å². The third-order valence-corrected chi connectivity index (χ3v) is 1.46. The van der Waals surface area contributed by atoms with Gasteiger partial charge in [0.25, 0.3) is 0 Å². The molecule has 0 aliphatic carbocycles. The van der Waals surface area contributed by atoms with Gasteiger partial charge in [0.1, 0.15) is 0 Å². The van der Waals surface area contributed by atoms with E-state index in [2.05, 4.69) is 9.97 Å². The molecule has 3 heteroatoms. The molecule has 0 aliphatic rings. The molecule has 0 radical (unpaired) electrons. The Balaban J connectivity index is 2.28. The van der Waals surface area contributed by atoms with Gasteiger partial charge in [0, 0.05) is 25.2 Å². The summed E-state index contributed by atoms with van der Waals surface area (Å²) >= 11 is 0. The van der Waals surface area contributed by atoms with Crippen LogP contribution in [0.2, 0.25) is 0 Å². The Kier molecular flexibility index (Phi) is 3.55. The van der Waals surface area contributed by atoms with Gasteiger partial charge in [-0.3, -0.25) is 9.97 Å². The second-order valence-electron chi connectivity index (χ2n) is 2.38. The predicted molar refractivity (Wildman–Crippen MR) is 42.1 cm³/mol. The van der Waals surface area contributed by atoms with Crippen molar-refractivity contribution in [3.05, 3.63) is 24.3 Å². The van der Waals surface area contributed by atoms with Crippen molar-refractivity contribution in [3.8, 4) is 0 Å². The van der Waals surface area contributed by atoms with Crippen molar-refractivity contribution in [2.45, 2.75) is 19.3 Å². The van der Waals surface area contributed by atoms with Crippen LogP contribution in [-0.2, 0) is 6.42 Å². The highest BCUT2D eigenvalue weighted by molar-refractivity contribution is 4.94. The fraction of sp³-hybridized carbons (Fsp3) is 0.500. The standard InChI is InChI=1S/C8H12N2O/c11-6-2-1-3-8-7-9-4-5-10-8/h4-5,7,11H,1-3,6H2. The van der Waals surface area contributed by atoms with Crippen LogP contribution < -0.4 is 0 Å². The molecular weight excluding hydrogens is 140 g/mol. The molecule has 0 fully saturated rings. The zero-order valence-corrected chi connectivity index (χ0v) is 6.40. The Bertz CT molecular complexity index is 189. The molecule has 11 heavy (non-hydrogen) atoms. The largest absolute Gasteiger partial charge is 0.396 e. The first-order valence-corrected chi connectivity index (χ1v) is 3.79. The van der Waals surface area contributed by atoms with Crippen molar-refractivity contribution in [2.24, 2.45) is 0 Å². The van der Waals surface area contributed by atoms with Crippen LogP contribution in [-0.4, -0.2) is 21.7 Å². The van der Waals surface area contributed by atoms with Gasteiger partial charge in [0.05, 0.1) is 5.69 Å². The zero-order valence-electron chi connectivity index (χ0n) is 6.40. The highest BCUT2D eigenvalue weighted by Crippen LogP contribution is 1.98. The molecule has 0 atom stereocenters. The van der Waals surface area contributed by atoms with E-state index in [1.165, 1.54) is 0 Å². The molecule has 60 valence electrons. The molecular formula is C8H12N2O. The Labute approximate surface area is 66.1 Å². The van der Waals surface area contributed by atoms with E-state index in [1.54, 1.807) is 18.6 Å². The summed E-state index contributed by atoms with van der Waals surface area (Å²) in [5.41, 5.74) is 1.00. The van der Waals surface area contributed by atoms with Crippen LogP contribution in [0.15, 0.2) is 18.6 Å². The molecule has 0 saturated heterocycles. The smallest absolute Gasteiger partial charge is 0.0586 e. The Morgan fingerprint density at radius 1 is 1.27 bits per heavy atom. The number of unbranched alkanes of at least 4 members (excludes halogenated alkanes) is 1. The summed E-state index contributed by atoms with van der Waals surface area (Å²) in [6.07, 6.45) is 7.85. The molecule has 0 aromatic carbocycles. The van der Waals surface area contributed by atoms with Crippen LogP contribution in [0.4, 0.5) is 0 Å². The minimum absolute atomic E-state index is 0.264. The van der Waals surface area contributed by atoms with Crippen molar-refractivity contribution >= 4 is 0 Å². The summed E-state index contributed by atoms with van der Waals surface area (Å²) in [4.78, 5) is 8.04. The van der Waals surface area contributed by atoms with E-state index in [1.807, 2.05) is 0 Å². The maximum Gasteiger partial charge on any atom is 0.0586 e. The molecule has 1 N–H and O–H groups in total. The first-order chi connectivity index (χ1) is 5.43. The van der Waals surface area contributed by atoms with Gasteiger partial charge in [0.15, 0.2) is 0 Å². The van der Waals surface area contributed by atoms with Crippen molar-refractivity contribution in [3.63, 3.8) is 0 Å². The second-order valence-corrected chi connectivity index (χ2v) is 2.38. The molecule has 0 amide bonds. The summed E-state index contributed by atoms with van der Waals surface area (Å²) in [7, 11) is 0. The van der Waals surface area contributed by atoms with Crippen molar-refractivity contribution in [1.82, 2.24) is 9.97 Å². The van der Waals surface area contributed by atoms with Gasteiger partial charge in [-0.15, -0.1) is 0 Å². The van der Waals surface area contributed by atoms with E-state index in [-0.39, 0.29) is 6.61 Å². The summed E-state index contributed by atoms with van der Waals surface area (Å²) in [5.74, 6) is 0. The first-order valence-electron chi connectivity index (χ1n) is 3.79. The van der Waals surface area contributed by atoms with E-state index >= 15 is 0 Å². The number of aryl methyl sites for hydroxylation is 1. The van der Waals surface area contributed by atoms with Crippen LogP contribution in [0, 0.1) is 0 Å². The van der Waals surface area contributed by atoms with E-state index in [0.717, 1.165) is 25.0 Å². The zero-order chi connectivity index (χ0) is 7.94. The molecule has 3 nitrogen and oxygen atoms in total. The predicted octanol–water partition coefficient (Wildman–Crippen LogP) is 0.792. The lowest BCUT2D eigenvalue weighted by Gasteiger charge is -1.96. The third kappa shape index (κ3) is 3.09.